The molecular weight excluding hydrogens is 266 g/mol. The summed E-state index contributed by atoms with van der Waals surface area (Å²) in [4.78, 5) is 12.1. The summed E-state index contributed by atoms with van der Waals surface area (Å²) in [5.41, 5.74) is 2.47. The number of carbonyl (C=O) groups is 1. The first-order valence-electron chi connectivity index (χ1n) is 6.82. The van der Waals surface area contributed by atoms with Crippen LogP contribution in [0, 0.1) is 6.92 Å². The highest BCUT2D eigenvalue weighted by atomic mass is 16.5. The van der Waals surface area contributed by atoms with Crippen molar-refractivity contribution in [2.75, 3.05) is 5.32 Å². The maximum absolute atomic E-state index is 12.1. The average Bonchev–Trinajstić information content (AvgIpc) is 2.47. The number of aliphatic hydroxyl groups excluding tert-OH is 1. The van der Waals surface area contributed by atoms with Crippen LogP contribution < -0.4 is 10.1 Å². The molecule has 1 atom stereocenters. The molecule has 0 fully saturated rings. The topological polar surface area (TPSA) is 58.6 Å². The van der Waals surface area contributed by atoms with E-state index in [1.54, 1.807) is 31.2 Å². The van der Waals surface area contributed by atoms with Crippen LogP contribution in [0.1, 0.15) is 18.1 Å². The van der Waals surface area contributed by atoms with Crippen molar-refractivity contribution < 1.29 is 14.6 Å². The van der Waals surface area contributed by atoms with E-state index in [1.807, 2.05) is 31.2 Å². The number of ether oxygens (including phenoxy) is 1. The first-order chi connectivity index (χ1) is 10.1. The molecule has 2 aromatic carbocycles. The molecule has 1 unspecified atom stereocenters. The van der Waals surface area contributed by atoms with Crippen LogP contribution in [0.4, 0.5) is 5.69 Å². The average molecular weight is 285 g/mol. The van der Waals surface area contributed by atoms with E-state index in [2.05, 4.69) is 5.32 Å². The molecule has 2 N–H and O–H groups in total. The zero-order valence-corrected chi connectivity index (χ0v) is 12.2. The van der Waals surface area contributed by atoms with E-state index in [-0.39, 0.29) is 12.5 Å². The van der Waals surface area contributed by atoms with E-state index in [0.29, 0.717) is 11.4 Å². The van der Waals surface area contributed by atoms with Gasteiger partial charge in [0.15, 0.2) is 6.10 Å². The van der Waals surface area contributed by atoms with E-state index in [9.17, 15) is 4.79 Å². The summed E-state index contributed by atoms with van der Waals surface area (Å²) >= 11 is 0. The largest absolute Gasteiger partial charge is 0.481 e. The molecule has 21 heavy (non-hydrogen) atoms. The number of hydrogen-bond donors (Lipinski definition) is 2. The number of benzene rings is 2. The maximum atomic E-state index is 12.1. The first-order valence-corrected chi connectivity index (χ1v) is 6.82. The second kappa shape index (κ2) is 6.90. The van der Waals surface area contributed by atoms with E-state index >= 15 is 0 Å². The number of carbonyl (C=O) groups excluding carboxylic acids is 1. The molecule has 0 radical (unpaired) electrons. The highest BCUT2D eigenvalue weighted by Gasteiger charge is 2.15. The Labute approximate surface area is 124 Å². The third-order valence-corrected chi connectivity index (χ3v) is 3.05. The minimum absolute atomic E-state index is 0.0565. The van der Waals surface area contributed by atoms with Gasteiger partial charge >= 0.3 is 0 Å². The van der Waals surface area contributed by atoms with Crippen LogP contribution in [0.25, 0.3) is 0 Å². The van der Waals surface area contributed by atoms with Gasteiger partial charge in [0.1, 0.15) is 5.75 Å². The number of aryl methyl sites for hydroxylation is 1. The number of amides is 1. The molecule has 1 amide bonds. The third kappa shape index (κ3) is 4.33. The van der Waals surface area contributed by atoms with Crippen molar-refractivity contribution in [3.05, 3.63) is 59.7 Å². The molecule has 0 heterocycles. The number of nitrogens with one attached hydrogen (secondary N) is 1. The number of anilines is 1. The van der Waals surface area contributed by atoms with Crippen LogP contribution in [0.2, 0.25) is 0 Å². The molecule has 0 aliphatic heterocycles. The normalized spacial score (nSPS) is 11.8. The van der Waals surface area contributed by atoms with Gasteiger partial charge in [0.25, 0.3) is 5.91 Å². The fraction of sp³-hybridized carbons (Fsp3) is 0.235. The van der Waals surface area contributed by atoms with E-state index in [4.69, 9.17) is 9.84 Å². The second-order valence-corrected chi connectivity index (χ2v) is 4.92. The van der Waals surface area contributed by atoms with Crippen molar-refractivity contribution in [2.24, 2.45) is 0 Å². The van der Waals surface area contributed by atoms with Gasteiger partial charge in [0, 0.05) is 5.69 Å². The van der Waals surface area contributed by atoms with E-state index in [0.717, 1.165) is 11.1 Å². The molecule has 0 aliphatic carbocycles. The lowest BCUT2D eigenvalue weighted by molar-refractivity contribution is -0.122. The third-order valence-electron chi connectivity index (χ3n) is 3.05. The SMILES string of the molecule is Cc1cccc(OC(C)C(=O)Nc2cccc(CO)c2)c1. The summed E-state index contributed by atoms with van der Waals surface area (Å²) in [6, 6.07) is 14.7. The fourth-order valence-corrected chi connectivity index (χ4v) is 1.94. The fourth-order valence-electron chi connectivity index (χ4n) is 1.94. The number of hydrogen-bond acceptors (Lipinski definition) is 3. The predicted molar refractivity (Wildman–Crippen MR) is 82.3 cm³/mol. The summed E-state index contributed by atoms with van der Waals surface area (Å²) in [6.07, 6.45) is -0.607. The molecule has 0 spiro atoms. The van der Waals surface area contributed by atoms with E-state index in [1.165, 1.54) is 0 Å². The maximum Gasteiger partial charge on any atom is 0.265 e. The van der Waals surface area contributed by atoms with Crippen molar-refractivity contribution in [3.63, 3.8) is 0 Å². The van der Waals surface area contributed by atoms with Gasteiger partial charge in [0.05, 0.1) is 6.61 Å². The molecule has 2 aromatic rings. The van der Waals surface area contributed by atoms with Gasteiger partial charge in [-0.05, 0) is 49.2 Å². The first kappa shape index (κ1) is 15.1. The Morgan fingerprint density at radius 2 is 2.00 bits per heavy atom. The van der Waals surface area contributed by atoms with Crippen LogP contribution in [-0.4, -0.2) is 17.1 Å². The predicted octanol–water partition coefficient (Wildman–Crippen LogP) is 2.89. The lowest BCUT2D eigenvalue weighted by Crippen LogP contribution is -2.30. The minimum Gasteiger partial charge on any atom is -0.481 e. The Morgan fingerprint density at radius 3 is 2.71 bits per heavy atom. The molecule has 0 saturated heterocycles. The van der Waals surface area contributed by atoms with Crippen molar-refractivity contribution in [1.82, 2.24) is 0 Å². The Morgan fingerprint density at radius 1 is 1.24 bits per heavy atom. The number of aliphatic hydroxyl groups is 1. The van der Waals surface area contributed by atoms with Gasteiger partial charge in [-0.3, -0.25) is 4.79 Å². The smallest absolute Gasteiger partial charge is 0.265 e. The highest BCUT2D eigenvalue weighted by Crippen LogP contribution is 2.16. The Balaban J connectivity index is 1.99. The van der Waals surface area contributed by atoms with Crippen molar-refractivity contribution in [1.29, 1.82) is 0 Å². The summed E-state index contributed by atoms with van der Waals surface area (Å²) in [7, 11) is 0. The van der Waals surface area contributed by atoms with Gasteiger partial charge < -0.3 is 15.2 Å². The number of rotatable bonds is 5. The van der Waals surface area contributed by atoms with Crippen molar-refractivity contribution in [3.8, 4) is 5.75 Å². The van der Waals surface area contributed by atoms with Crippen LogP contribution in [-0.2, 0) is 11.4 Å². The molecular formula is C17H19NO3. The van der Waals surface area contributed by atoms with Crippen molar-refractivity contribution >= 4 is 11.6 Å². The lowest BCUT2D eigenvalue weighted by Gasteiger charge is -2.15. The molecule has 0 saturated carbocycles. The summed E-state index contributed by atoms with van der Waals surface area (Å²) < 4.78 is 5.62. The molecule has 4 heteroatoms. The zero-order chi connectivity index (χ0) is 15.2. The monoisotopic (exact) mass is 285 g/mol. The lowest BCUT2D eigenvalue weighted by atomic mass is 10.2. The second-order valence-electron chi connectivity index (χ2n) is 4.92. The van der Waals surface area contributed by atoms with Crippen LogP contribution in [0.3, 0.4) is 0 Å². The summed E-state index contributed by atoms with van der Waals surface area (Å²) in [5, 5.41) is 11.9. The molecule has 0 bridgehead atoms. The van der Waals surface area contributed by atoms with E-state index < -0.39 is 6.10 Å². The molecule has 110 valence electrons. The highest BCUT2D eigenvalue weighted by molar-refractivity contribution is 5.94. The molecule has 0 aliphatic rings. The molecule has 4 nitrogen and oxygen atoms in total. The molecule has 2 rings (SSSR count). The van der Waals surface area contributed by atoms with Gasteiger partial charge in [-0.2, -0.15) is 0 Å². The van der Waals surface area contributed by atoms with Gasteiger partial charge in [-0.15, -0.1) is 0 Å². The quantitative estimate of drug-likeness (QED) is 0.888. The van der Waals surface area contributed by atoms with Gasteiger partial charge in [0.2, 0.25) is 0 Å². The van der Waals surface area contributed by atoms with Gasteiger partial charge in [-0.25, -0.2) is 0 Å². The van der Waals surface area contributed by atoms with Crippen LogP contribution in [0.15, 0.2) is 48.5 Å². The summed E-state index contributed by atoms with van der Waals surface area (Å²) in [5.74, 6) is 0.438. The van der Waals surface area contributed by atoms with Gasteiger partial charge in [-0.1, -0.05) is 24.3 Å². The van der Waals surface area contributed by atoms with Crippen LogP contribution in [0.5, 0.6) is 5.75 Å². The Bertz CT molecular complexity index is 625. The summed E-state index contributed by atoms with van der Waals surface area (Å²) in [6.45, 7) is 3.62. The molecule has 0 aromatic heterocycles. The Hall–Kier alpha value is -2.33. The minimum atomic E-state index is -0.607. The standard InChI is InChI=1S/C17H19NO3/c1-12-5-3-8-16(9-12)21-13(2)17(20)18-15-7-4-6-14(10-15)11-19/h3-10,13,19H,11H2,1-2H3,(H,18,20). The Kier molecular flexibility index (Phi) is 4.95. The zero-order valence-electron chi connectivity index (χ0n) is 12.2. The van der Waals surface area contributed by atoms with Crippen molar-refractivity contribution in [2.45, 2.75) is 26.6 Å². The van der Waals surface area contributed by atoms with Crippen LogP contribution >= 0.6 is 0 Å².